The number of benzene rings is 3. The summed E-state index contributed by atoms with van der Waals surface area (Å²) in [5.74, 6) is 2.19. The summed E-state index contributed by atoms with van der Waals surface area (Å²) in [6.07, 6.45) is 0.940. The van der Waals surface area contributed by atoms with Crippen LogP contribution in [0.2, 0.25) is 0 Å². The van der Waals surface area contributed by atoms with Crippen molar-refractivity contribution in [2.45, 2.75) is 26.0 Å². The zero-order valence-electron chi connectivity index (χ0n) is 19.9. The van der Waals surface area contributed by atoms with E-state index in [4.69, 9.17) is 14.2 Å². The molecular weight excluding hydrogens is 446 g/mol. The van der Waals surface area contributed by atoms with Crippen molar-refractivity contribution in [3.63, 3.8) is 0 Å². The number of ether oxygens (including phenoxy) is 3. The molecule has 3 aromatic carbocycles. The number of methoxy groups -OCH3 is 2. The van der Waals surface area contributed by atoms with Gasteiger partial charge in [0.05, 0.1) is 25.9 Å². The number of H-pyrrole nitrogens is 1. The van der Waals surface area contributed by atoms with Crippen molar-refractivity contribution in [2.75, 3.05) is 26.0 Å². The van der Waals surface area contributed by atoms with Gasteiger partial charge >= 0.3 is 0 Å². The van der Waals surface area contributed by atoms with E-state index < -0.39 is 0 Å². The van der Waals surface area contributed by atoms with E-state index in [1.54, 1.807) is 33.3 Å². The number of rotatable bonds is 7. The van der Waals surface area contributed by atoms with Crippen LogP contribution in [0, 0.1) is 12.1 Å². The van der Waals surface area contributed by atoms with Crippen molar-refractivity contribution in [3.8, 4) is 17.2 Å². The Kier molecular flexibility index (Phi) is 6.25. The third kappa shape index (κ3) is 4.39. The topological polar surface area (TPSA) is 102 Å². The van der Waals surface area contributed by atoms with Gasteiger partial charge in [0.1, 0.15) is 23.9 Å². The van der Waals surface area contributed by atoms with Crippen LogP contribution < -0.4 is 24.8 Å². The smallest absolute Gasteiger partial charge is 0.125 e. The predicted octanol–water partition coefficient (Wildman–Crippen LogP) is 5.00. The number of anilines is 1. The van der Waals surface area contributed by atoms with Crippen LogP contribution in [0.5, 0.6) is 17.2 Å². The third-order valence-electron chi connectivity index (χ3n) is 6.56. The second kappa shape index (κ2) is 9.50. The highest BCUT2D eigenvalue weighted by atomic mass is 16.8. The van der Waals surface area contributed by atoms with Crippen molar-refractivity contribution in [2.24, 2.45) is 0 Å². The first-order valence-electron chi connectivity index (χ1n) is 11.5. The van der Waals surface area contributed by atoms with Gasteiger partial charge in [0.15, 0.2) is 0 Å². The quantitative estimate of drug-likeness (QED) is 0.324. The number of aromatic nitrogens is 1. The van der Waals surface area contributed by atoms with E-state index in [0.717, 1.165) is 46.8 Å². The van der Waals surface area contributed by atoms with Gasteiger partial charge < -0.3 is 34.9 Å². The molecule has 182 valence electrons. The Morgan fingerprint density at radius 1 is 1.03 bits per heavy atom. The van der Waals surface area contributed by atoms with Crippen LogP contribution in [0.25, 0.3) is 10.9 Å². The van der Waals surface area contributed by atoms with Gasteiger partial charge in [0, 0.05) is 28.7 Å². The molecule has 1 aromatic heterocycles. The Morgan fingerprint density at radius 2 is 1.86 bits per heavy atom. The van der Waals surface area contributed by atoms with E-state index in [0.29, 0.717) is 17.9 Å². The number of aromatic amines is 1. The van der Waals surface area contributed by atoms with Crippen LogP contribution in [-0.4, -0.2) is 31.0 Å². The molecule has 1 atom stereocenters. The lowest BCUT2D eigenvalue weighted by molar-refractivity contribution is 0.292. The van der Waals surface area contributed by atoms with Gasteiger partial charge in [-0.05, 0) is 78.6 Å². The van der Waals surface area contributed by atoms with Crippen molar-refractivity contribution in [3.05, 3.63) is 87.8 Å². The fourth-order valence-electron chi connectivity index (χ4n) is 4.80. The summed E-state index contributed by atoms with van der Waals surface area (Å²) in [7, 11) is 3.33. The summed E-state index contributed by atoms with van der Waals surface area (Å²) < 4.78 is 17.0. The molecule has 0 spiro atoms. The van der Waals surface area contributed by atoms with Gasteiger partial charge in [-0.2, -0.15) is 0 Å². The predicted molar refractivity (Wildman–Crippen MR) is 135 cm³/mol. The zero-order chi connectivity index (χ0) is 24.5. The monoisotopic (exact) mass is 474 g/mol. The molecule has 0 fully saturated rings. The SMILES string of the molecule is COc1ccc2[nH]c3c(c2c1)CCN[C@H]3c1ccc(OC)c(COc2ccc(N([O-])O)c(C)c2)c1. The van der Waals surface area contributed by atoms with Crippen LogP contribution >= 0.6 is 0 Å². The molecule has 0 aliphatic carbocycles. The molecule has 1 aliphatic heterocycles. The van der Waals surface area contributed by atoms with Crippen LogP contribution in [0.4, 0.5) is 5.69 Å². The Bertz CT molecular complexity index is 1360. The highest BCUT2D eigenvalue weighted by molar-refractivity contribution is 5.86. The molecule has 0 unspecified atom stereocenters. The number of hydrogen-bond donors (Lipinski definition) is 3. The van der Waals surface area contributed by atoms with Gasteiger partial charge in [0.25, 0.3) is 0 Å². The van der Waals surface area contributed by atoms with E-state index in [1.165, 1.54) is 17.0 Å². The van der Waals surface area contributed by atoms with Gasteiger partial charge in [0.2, 0.25) is 0 Å². The average molecular weight is 475 g/mol. The van der Waals surface area contributed by atoms with Crippen molar-refractivity contribution in [1.82, 2.24) is 10.3 Å². The minimum absolute atomic E-state index is 0.0101. The summed E-state index contributed by atoms with van der Waals surface area (Å²) in [5.41, 5.74) is 6.39. The Hall–Kier alpha value is -3.72. The standard InChI is InChI=1S/C27H28N3O5/c1-16-12-20(6-8-24(16)30(31)32)35-15-18-13-17(4-9-25(18)34-3)26-27-21(10-11-28-26)22-14-19(33-2)5-7-23(22)29-27/h4-9,12-14,26,28-29,31H,10-11,15H2,1-3H3/q-1/t26-/m0/s1. The van der Waals surface area contributed by atoms with E-state index in [1.807, 2.05) is 12.1 Å². The molecule has 35 heavy (non-hydrogen) atoms. The maximum absolute atomic E-state index is 11.2. The van der Waals surface area contributed by atoms with Crippen LogP contribution in [-0.2, 0) is 13.0 Å². The molecule has 8 nitrogen and oxygen atoms in total. The van der Waals surface area contributed by atoms with E-state index in [9.17, 15) is 10.4 Å². The molecule has 0 bridgehead atoms. The highest BCUT2D eigenvalue weighted by Crippen LogP contribution is 2.36. The summed E-state index contributed by atoms with van der Waals surface area (Å²) in [4.78, 5) is 3.61. The van der Waals surface area contributed by atoms with Gasteiger partial charge in [-0.1, -0.05) is 6.07 Å². The molecule has 1 aliphatic rings. The third-order valence-corrected chi connectivity index (χ3v) is 6.56. The average Bonchev–Trinajstić information content (AvgIpc) is 3.25. The van der Waals surface area contributed by atoms with Crippen molar-refractivity contribution in [1.29, 1.82) is 0 Å². The van der Waals surface area contributed by atoms with Gasteiger partial charge in [-0.3, -0.25) is 5.21 Å². The number of nitrogens with one attached hydrogen (secondary N) is 2. The fraction of sp³-hybridized carbons (Fsp3) is 0.259. The molecule has 5 rings (SSSR count). The van der Waals surface area contributed by atoms with Gasteiger partial charge in [-0.15, -0.1) is 0 Å². The molecule has 0 amide bonds. The summed E-state index contributed by atoms with van der Waals surface area (Å²) in [6, 6.07) is 17.2. The summed E-state index contributed by atoms with van der Waals surface area (Å²) >= 11 is 0. The van der Waals surface area contributed by atoms with Crippen LogP contribution in [0.1, 0.15) is 34.0 Å². The molecule has 0 saturated heterocycles. The lowest BCUT2D eigenvalue weighted by Gasteiger charge is -2.26. The summed E-state index contributed by atoms with van der Waals surface area (Å²) in [5, 5.41) is 25.1. The Balaban J connectivity index is 1.44. The highest BCUT2D eigenvalue weighted by Gasteiger charge is 2.26. The van der Waals surface area contributed by atoms with Gasteiger partial charge in [-0.25, -0.2) is 0 Å². The van der Waals surface area contributed by atoms with E-state index in [-0.39, 0.29) is 17.0 Å². The van der Waals surface area contributed by atoms with Crippen molar-refractivity contribution < 1.29 is 19.4 Å². The van der Waals surface area contributed by atoms with E-state index >= 15 is 0 Å². The Labute approximate surface area is 203 Å². The first-order valence-corrected chi connectivity index (χ1v) is 11.5. The van der Waals surface area contributed by atoms with E-state index in [2.05, 4.69) is 34.6 Å². The largest absolute Gasteiger partial charge is 0.733 e. The molecule has 8 heteroatoms. The normalized spacial score (nSPS) is 15.1. The van der Waals surface area contributed by atoms with Crippen molar-refractivity contribution >= 4 is 16.6 Å². The fourth-order valence-corrected chi connectivity index (χ4v) is 4.80. The summed E-state index contributed by atoms with van der Waals surface area (Å²) in [6.45, 7) is 2.90. The molecule has 0 saturated carbocycles. The lowest BCUT2D eigenvalue weighted by atomic mass is 9.93. The number of aryl methyl sites for hydroxylation is 1. The van der Waals surface area contributed by atoms with Crippen LogP contribution in [0.3, 0.4) is 0 Å². The lowest BCUT2D eigenvalue weighted by Crippen LogP contribution is -2.30. The molecular formula is C27H28N3O5-. The molecule has 3 N–H and O–H groups in total. The minimum Gasteiger partial charge on any atom is -0.733 e. The molecule has 2 heterocycles. The first-order chi connectivity index (χ1) is 17.0. The first kappa shape index (κ1) is 23.0. The maximum atomic E-state index is 11.2. The second-order valence-corrected chi connectivity index (χ2v) is 8.65. The number of nitrogens with zero attached hydrogens (tertiary/aromatic N) is 1. The number of fused-ring (bicyclic) bond motifs is 3. The van der Waals surface area contributed by atoms with Crippen LogP contribution in [0.15, 0.2) is 54.6 Å². The number of hydrogen-bond acceptors (Lipinski definition) is 7. The zero-order valence-corrected chi connectivity index (χ0v) is 19.9. The molecule has 4 aromatic rings. The molecule has 0 radical (unpaired) electrons. The Morgan fingerprint density at radius 3 is 2.60 bits per heavy atom. The maximum Gasteiger partial charge on any atom is 0.125 e. The minimum atomic E-state index is -0.142. The second-order valence-electron chi connectivity index (χ2n) is 8.65.